The van der Waals surface area contributed by atoms with E-state index in [2.05, 4.69) is 20.5 Å². The van der Waals surface area contributed by atoms with Crippen LogP contribution in [0.25, 0.3) is 10.1 Å². The Labute approximate surface area is 125 Å². The van der Waals surface area contributed by atoms with Gasteiger partial charge in [-0.15, -0.1) is 11.3 Å². The molecule has 106 valence electrons. The van der Waals surface area contributed by atoms with E-state index in [1.807, 2.05) is 6.07 Å². The number of benzene rings is 1. The number of thiophene rings is 1. The average molecular weight is 382 g/mol. The second-order valence-electron chi connectivity index (χ2n) is 3.84. The van der Waals surface area contributed by atoms with Gasteiger partial charge in [-0.3, -0.25) is 4.57 Å². The normalized spacial score (nSPS) is 15.0. The van der Waals surface area contributed by atoms with Crippen molar-refractivity contribution in [3.05, 3.63) is 33.1 Å². The first-order valence-corrected chi connectivity index (χ1v) is 8.31. The number of hydrogen-bond donors (Lipinski definition) is 1. The molecule has 0 spiro atoms. The van der Waals surface area contributed by atoms with E-state index in [-0.39, 0.29) is 4.47 Å². The van der Waals surface area contributed by atoms with Crippen LogP contribution in [0.2, 0.25) is 0 Å². The van der Waals surface area contributed by atoms with Gasteiger partial charge >= 0.3 is 13.3 Å². The molecule has 1 aromatic carbocycles. The van der Waals surface area contributed by atoms with Crippen molar-refractivity contribution >= 4 is 44.9 Å². The Balaban J connectivity index is 2.69. The van der Waals surface area contributed by atoms with Crippen LogP contribution >= 0.6 is 34.9 Å². The quantitative estimate of drug-likeness (QED) is 0.799. The van der Waals surface area contributed by atoms with Crippen LogP contribution in [0.5, 0.6) is 0 Å². The molecule has 0 radical (unpaired) electrons. The van der Waals surface area contributed by atoms with E-state index >= 15 is 0 Å². The molecule has 2 aromatic rings. The zero-order valence-corrected chi connectivity index (χ0v) is 13.2. The maximum absolute atomic E-state index is 14.1. The number of nitriles is 1. The molecular weight excluding hydrogens is 375 g/mol. The smallest absolute Gasteiger partial charge is 0.320 e. The maximum atomic E-state index is 14.1. The Morgan fingerprint density at radius 2 is 2.15 bits per heavy atom. The molecule has 1 aromatic heterocycles. The molecule has 0 saturated heterocycles. The molecule has 0 bridgehead atoms. The van der Waals surface area contributed by atoms with Gasteiger partial charge in [0.25, 0.3) is 0 Å². The molecule has 20 heavy (non-hydrogen) atoms. The standard InChI is InChI=1S/C11H7BrF2NO3PS/c1-18-19(16,17)11(13,14)8-3-6-2-7(5-15)20-10(6)4-9(8)12/h2-4H,1H3,(H,16,17). The zero-order chi connectivity index (χ0) is 15.1. The largest absolute Gasteiger partial charge is 0.401 e. The van der Waals surface area contributed by atoms with Crippen molar-refractivity contribution in [2.45, 2.75) is 5.66 Å². The lowest BCUT2D eigenvalue weighted by Gasteiger charge is -2.22. The van der Waals surface area contributed by atoms with Gasteiger partial charge in [0.05, 0.1) is 0 Å². The second-order valence-corrected chi connectivity index (χ2v) is 7.74. The highest BCUT2D eigenvalue weighted by Gasteiger charge is 2.53. The Bertz CT molecular complexity index is 771. The van der Waals surface area contributed by atoms with Crippen LogP contribution in [0.3, 0.4) is 0 Å². The van der Waals surface area contributed by atoms with Crippen molar-refractivity contribution < 1.29 is 22.8 Å². The summed E-state index contributed by atoms with van der Waals surface area (Å²) in [4.78, 5) is 9.63. The fourth-order valence-electron chi connectivity index (χ4n) is 1.61. The molecule has 0 aliphatic heterocycles. The van der Waals surface area contributed by atoms with Crippen LogP contribution < -0.4 is 0 Å². The Morgan fingerprint density at radius 1 is 1.50 bits per heavy atom. The Morgan fingerprint density at radius 3 is 2.70 bits per heavy atom. The third-order valence-electron chi connectivity index (χ3n) is 2.64. The first kappa shape index (κ1) is 15.5. The molecule has 1 N–H and O–H groups in total. The van der Waals surface area contributed by atoms with Crippen molar-refractivity contribution in [1.82, 2.24) is 0 Å². The number of rotatable bonds is 3. The van der Waals surface area contributed by atoms with Gasteiger partial charge in [0.15, 0.2) is 0 Å². The van der Waals surface area contributed by atoms with Gasteiger partial charge in [0.1, 0.15) is 10.9 Å². The lowest BCUT2D eigenvalue weighted by Crippen LogP contribution is -2.15. The van der Waals surface area contributed by atoms with Crippen molar-refractivity contribution in [3.63, 3.8) is 0 Å². The van der Waals surface area contributed by atoms with Crippen molar-refractivity contribution in [3.8, 4) is 6.07 Å². The highest BCUT2D eigenvalue weighted by Crippen LogP contribution is 2.63. The van der Waals surface area contributed by atoms with E-state index in [4.69, 9.17) is 5.26 Å². The molecule has 1 unspecified atom stereocenters. The summed E-state index contributed by atoms with van der Waals surface area (Å²) in [6, 6.07) is 5.84. The van der Waals surface area contributed by atoms with Crippen LogP contribution in [0.4, 0.5) is 8.78 Å². The number of fused-ring (bicyclic) bond motifs is 1. The lowest BCUT2D eigenvalue weighted by atomic mass is 10.1. The van der Waals surface area contributed by atoms with Gasteiger partial charge in [-0.2, -0.15) is 14.0 Å². The predicted molar refractivity (Wildman–Crippen MR) is 75.0 cm³/mol. The molecule has 4 nitrogen and oxygen atoms in total. The molecule has 1 heterocycles. The number of hydrogen-bond acceptors (Lipinski definition) is 4. The molecule has 9 heteroatoms. The summed E-state index contributed by atoms with van der Waals surface area (Å²) in [5.41, 5.74) is -4.70. The molecule has 2 rings (SSSR count). The van der Waals surface area contributed by atoms with E-state index in [0.29, 0.717) is 15.0 Å². The molecule has 0 aliphatic carbocycles. The van der Waals surface area contributed by atoms with Gasteiger partial charge in [0.2, 0.25) is 0 Å². The van der Waals surface area contributed by atoms with Gasteiger partial charge in [-0.05, 0) is 23.6 Å². The Hall–Kier alpha value is -0.840. The second kappa shape index (κ2) is 5.17. The van der Waals surface area contributed by atoms with E-state index in [0.717, 1.165) is 24.5 Å². The molecule has 0 amide bonds. The van der Waals surface area contributed by atoms with E-state index in [1.54, 1.807) is 0 Å². The van der Waals surface area contributed by atoms with Gasteiger partial charge in [-0.25, -0.2) is 0 Å². The SMILES string of the molecule is COP(=O)(O)C(F)(F)c1cc2cc(C#N)sc2cc1Br. The Kier molecular flexibility index (Phi) is 4.02. The topological polar surface area (TPSA) is 70.3 Å². The van der Waals surface area contributed by atoms with E-state index in [9.17, 15) is 18.2 Å². The monoisotopic (exact) mass is 381 g/mol. The summed E-state index contributed by atoms with van der Waals surface area (Å²) >= 11 is 4.11. The summed E-state index contributed by atoms with van der Waals surface area (Å²) in [6.07, 6.45) is 0. The van der Waals surface area contributed by atoms with Crippen LogP contribution in [0.1, 0.15) is 10.4 Å². The van der Waals surface area contributed by atoms with Crippen LogP contribution in [-0.4, -0.2) is 12.0 Å². The third-order valence-corrected chi connectivity index (χ3v) is 5.75. The highest BCUT2D eigenvalue weighted by molar-refractivity contribution is 9.10. The number of nitrogens with zero attached hydrogens (tertiary/aromatic N) is 1. The molecule has 0 aliphatic rings. The minimum absolute atomic E-state index is 0.0207. The fraction of sp³-hybridized carbons (Fsp3) is 0.182. The third kappa shape index (κ3) is 2.41. The minimum Gasteiger partial charge on any atom is -0.320 e. The lowest BCUT2D eigenvalue weighted by molar-refractivity contribution is 0.0505. The zero-order valence-electron chi connectivity index (χ0n) is 9.93. The molecule has 0 saturated carbocycles. The van der Waals surface area contributed by atoms with Crippen molar-refractivity contribution in [1.29, 1.82) is 5.26 Å². The average Bonchev–Trinajstić information content (AvgIpc) is 2.79. The highest BCUT2D eigenvalue weighted by atomic mass is 79.9. The predicted octanol–water partition coefficient (Wildman–Crippen LogP) is 4.42. The molecule has 0 fully saturated rings. The van der Waals surface area contributed by atoms with E-state index < -0.39 is 18.8 Å². The van der Waals surface area contributed by atoms with Crippen molar-refractivity contribution in [2.24, 2.45) is 0 Å². The molecular formula is C11H7BrF2NO3PS. The summed E-state index contributed by atoms with van der Waals surface area (Å²) < 4.78 is 44.3. The van der Waals surface area contributed by atoms with Crippen LogP contribution in [0.15, 0.2) is 22.7 Å². The fourth-order valence-corrected chi connectivity index (χ4v) is 4.11. The molecule has 1 atom stereocenters. The van der Waals surface area contributed by atoms with E-state index in [1.165, 1.54) is 12.1 Å². The van der Waals surface area contributed by atoms with Gasteiger partial charge in [0, 0.05) is 21.8 Å². The summed E-state index contributed by atoms with van der Waals surface area (Å²) in [5.74, 6) is 0. The maximum Gasteiger partial charge on any atom is 0.401 e. The first-order chi connectivity index (χ1) is 9.22. The summed E-state index contributed by atoms with van der Waals surface area (Å²) in [5, 5.41) is 9.20. The van der Waals surface area contributed by atoms with Gasteiger partial charge < -0.3 is 9.42 Å². The minimum atomic E-state index is -5.13. The van der Waals surface area contributed by atoms with Crippen LogP contribution in [-0.2, 0) is 14.8 Å². The number of halogens is 3. The first-order valence-electron chi connectivity index (χ1n) is 5.13. The number of alkyl halides is 2. The van der Waals surface area contributed by atoms with Crippen molar-refractivity contribution in [2.75, 3.05) is 7.11 Å². The summed E-state index contributed by atoms with van der Waals surface area (Å²) in [7, 11) is -4.38. The van der Waals surface area contributed by atoms with Gasteiger partial charge in [-0.1, -0.05) is 15.9 Å². The summed E-state index contributed by atoms with van der Waals surface area (Å²) in [6.45, 7) is 0. The van der Waals surface area contributed by atoms with Crippen LogP contribution in [0, 0.1) is 11.3 Å².